The van der Waals surface area contributed by atoms with Gasteiger partial charge in [0, 0.05) is 61.8 Å². The molecule has 2 aromatic carbocycles. The molecule has 0 radical (unpaired) electrons. The molecule has 7 rings (SSSR count). The molecule has 3 aliphatic heterocycles. The van der Waals surface area contributed by atoms with Gasteiger partial charge in [-0.2, -0.15) is 5.10 Å². The van der Waals surface area contributed by atoms with E-state index in [0.717, 1.165) is 10.1 Å². The monoisotopic (exact) mass is 641 g/mol. The third kappa shape index (κ3) is 5.33. The number of fused-ring (bicyclic) bond motifs is 3. The van der Waals surface area contributed by atoms with Crippen molar-refractivity contribution < 1.29 is 22.6 Å². The molecule has 2 aromatic heterocycles. The summed E-state index contributed by atoms with van der Waals surface area (Å²) in [6.45, 7) is 0.475. The summed E-state index contributed by atoms with van der Waals surface area (Å²) in [5.41, 5.74) is 3.07. The van der Waals surface area contributed by atoms with Crippen molar-refractivity contribution in [2.75, 3.05) is 26.2 Å². The van der Waals surface area contributed by atoms with E-state index in [1.165, 1.54) is 21.8 Å². The van der Waals surface area contributed by atoms with E-state index < -0.39 is 24.7 Å². The topological polar surface area (TPSA) is 94.5 Å². The smallest absolute Gasteiger partial charge is 0.464 e. The van der Waals surface area contributed by atoms with Gasteiger partial charge in [0.1, 0.15) is 5.82 Å². The number of halogens is 3. The van der Waals surface area contributed by atoms with Crippen LogP contribution in [0, 0.1) is 5.82 Å². The van der Waals surface area contributed by atoms with E-state index in [4.69, 9.17) is 0 Å². The van der Waals surface area contributed by atoms with Gasteiger partial charge in [-0.3, -0.25) is 14.4 Å². The summed E-state index contributed by atoms with van der Waals surface area (Å²) < 4.78 is 47.5. The molecule has 47 heavy (non-hydrogen) atoms. The first-order valence-corrected chi connectivity index (χ1v) is 15.8. The van der Waals surface area contributed by atoms with E-state index in [1.54, 1.807) is 54.3 Å². The van der Waals surface area contributed by atoms with E-state index in [2.05, 4.69) is 10.2 Å². The molecule has 3 aliphatic rings. The fraction of sp³-hybridized carbons (Fsp3) is 0.294. The first kappa shape index (κ1) is 30.6. The highest BCUT2D eigenvalue weighted by Gasteiger charge is 2.45. The first-order chi connectivity index (χ1) is 22.5. The number of benzene rings is 2. The van der Waals surface area contributed by atoms with Crippen molar-refractivity contribution in [3.8, 4) is 0 Å². The van der Waals surface area contributed by atoms with Crippen LogP contribution < -0.4 is 5.56 Å². The van der Waals surface area contributed by atoms with Crippen molar-refractivity contribution in [2.45, 2.75) is 39.2 Å². The van der Waals surface area contributed by atoms with E-state index >= 15 is 8.63 Å². The van der Waals surface area contributed by atoms with Crippen molar-refractivity contribution in [1.82, 2.24) is 29.3 Å². The molecule has 0 spiro atoms. The first-order valence-electron chi connectivity index (χ1n) is 15.8. The van der Waals surface area contributed by atoms with Crippen LogP contribution in [0.3, 0.4) is 0 Å². The molecule has 0 aliphatic carbocycles. The van der Waals surface area contributed by atoms with Crippen LogP contribution in [0.15, 0.2) is 76.7 Å². The van der Waals surface area contributed by atoms with Crippen LogP contribution in [-0.4, -0.2) is 80.3 Å². The number of aromatic nitrogens is 3. The summed E-state index contributed by atoms with van der Waals surface area (Å²) in [6.07, 6.45) is 4.10. The number of piperazine rings is 1. The Bertz CT molecular complexity index is 2050. The van der Waals surface area contributed by atoms with Gasteiger partial charge in [0.15, 0.2) is 0 Å². The zero-order valence-corrected chi connectivity index (χ0v) is 26.1. The molecular weight excluding hydrogens is 608 g/mol. The molecule has 1 fully saturated rings. The zero-order chi connectivity index (χ0) is 33.0. The van der Waals surface area contributed by atoms with Crippen molar-refractivity contribution in [3.05, 3.63) is 116 Å². The standard InChI is InChI=1S/C34H33BF3N6O3/c1-21-17-22(2)43-31(21)20-25-9-8-24(44(25)35(43,37)38)10-12-32(45)41-13-15-42(16-14-41)34(47)28-18-23(7-11-29(28)36)19-30-26-5-3-4-6-27(26)33(46)40-39-30/h3-9,11,17-18,20,22H,10,12-16,19H2,1-2H3,(H,40,46)/q-1. The Hall–Kier alpha value is -5.07. The molecule has 242 valence electrons. The number of nitrogens with zero attached hydrogens (tertiary/aromatic N) is 5. The summed E-state index contributed by atoms with van der Waals surface area (Å²) >= 11 is 0. The number of hydrogen-bond donors (Lipinski definition) is 1. The highest BCUT2D eigenvalue weighted by molar-refractivity contribution is 6.63. The maximum Gasteiger partial charge on any atom is 0.529 e. The molecule has 1 atom stereocenters. The maximum atomic E-state index is 15.7. The van der Waals surface area contributed by atoms with Crippen LogP contribution in [-0.2, 0) is 17.6 Å². The van der Waals surface area contributed by atoms with Crippen molar-refractivity contribution >= 4 is 35.6 Å². The average Bonchev–Trinajstić information content (AvgIpc) is 3.62. The number of carbonyl (C=O) groups is 2. The third-order valence-corrected chi connectivity index (χ3v) is 9.50. The Morgan fingerprint density at radius 1 is 1.00 bits per heavy atom. The van der Waals surface area contributed by atoms with Crippen LogP contribution in [0.25, 0.3) is 16.8 Å². The molecule has 2 amide bonds. The largest absolute Gasteiger partial charge is 0.529 e. The molecule has 1 unspecified atom stereocenters. The van der Waals surface area contributed by atoms with E-state index in [9.17, 15) is 18.8 Å². The van der Waals surface area contributed by atoms with Crippen molar-refractivity contribution in [2.24, 2.45) is 0 Å². The summed E-state index contributed by atoms with van der Waals surface area (Å²) in [5, 5.41) is 7.85. The zero-order valence-electron chi connectivity index (χ0n) is 26.1. The van der Waals surface area contributed by atoms with Gasteiger partial charge in [0.05, 0.1) is 16.6 Å². The maximum absolute atomic E-state index is 15.7. The molecule has 5 heterocycles. The SMILES string of the molecule is CC1=CC(C)N2C1=Cc1ccc(CCC(=O)N3CCN(C(=O)c4cc(Cc5n[nH]c(=O)c6ccccc56)ccc4F)CC3)n1[B-]2(F)F. The van der Waals surface area contributed by atoms with Gasteiger partial charge in [-0.1, -0.05) is 30.3 Å². The predicted octanol–water partition coefficient (Wildman–Crippen LogP) is 4.60. The highest BCUT2D eigenvalue weighted by atomic mass is 19.2. The number of allylic oxidation sites excluding steroid dienone is 1. The second kappa shape index (κ2) is 11.6. The summed E-state index contributed by atoms with van der Waals surface area (Å²) in [4.78, 5) is 43.0. The van der Waals surface area contributed by atoms with E-state index in [1.807, 2.05) is 19.1 Å². The minimum Gasteiger partial charge on any atom is -0.464 e. The lowest BCUT2D eigenvalue weighted by Crippen LogP contribution is -2.56. The number of aromatic amines is 1. The lowest BCUT2D eigenvalue weighted by atomic mass is 9.87. The van der Waals surface area contributed by atoms with E-state index in [0.29, 0.717) is 39.1 Å². The molecule has 0 saturated carbocycles. The molecule has 9 nitrogen and oxygen atoms in total. The third-order valence-electron chi connectivity index (χ3n) is 9.50. The molecule has 13 heteroatoms. The van der Waals surface area contributed by atoms with Crippen LogP contribution in [0.4, 0.5) is 13.0 Å². The number of hydrogen-bond acceptors (Lipinski definition) is 5. The van der Waals surface area contributed by atoms with Crippen molar-refractivity contribution in [1.29, 1.82) is 0 Å². The van der Waals surface area contributed by atoms with Crippen molar-refractivity contribution in [3.63, 3.8) is 0 Å². The summed E-state index contributed by atoms with van der Waals surface area (Å²) in [5.74, 6) is -1.31. The molecule has 4 aromatic rings. The number of amides is 2. The number of aryl methyl sites for hydroxylation is 1. The van der Waals surface area contributed by atoms with Gasteiger partial charge in [-0.15, -0.1) is 0 Å². The Morgan fingerprint density at radius 2 is 1.72 bits per heavy atom. The van der Waals surface area contributed by atoms with Gasteiger partial charge >= 0.3 is 6.97 Å². The fourth-order valence-corrected chi connectivity index (χ4v) is 7.13. The van der Waals surface area contributed by atoms with Crippen LogP contribution in [0.2, 0.25) is 0 Å². The molecule has 1 saturated heterocycles. The van der Waals surface area contributed by atoms with E-state index in [-0.39, 0.29) is 62.5 Å². The Morgan fingerprint density at radius 3 is 2.49 bits per heavy atom. The second-order valence-corrected chi connectivity index (χ2v) is 12.4. The Labute approximate surface area is 269 Å². The lowest BCUT2D eigenvalue weighted by Gasteiger charge is -2.47. The predicted molar refractivity (Wildman–Crippen MR) is 173 cm³/mol. The minimum absolute atomic E-state index is 0.0527. The lowest BCUT2D eigenvalue weighted by molar-refractivity contribution is -0.132. The number of rotatable bonds is 6. The quantitative estimate of drug-likeness (QED) is 0.311. The number of carbonyl (C=O) groups excluding carboxylic acids is 2. The fourth-order valence-electron chi connectivity index (χ4n) is 7.13. The van der Waals surface area contributed by atoms with Gasteiger partial charge in [-0.25, -0.2) is 9.49 Å². The average molecular weight is 641 g/mol. The summed E-state index contributed by atoms with van der Waals surface area (Å²) in [7, 11) is 0. The second-order valence-electron chi connectivity index (χ2n) is 12.4. The number of H-pyrrole nitrogens is 1. The Kier molecular flexibility index (Phi) is 7.56. The van der Waals surface area contributed by atoms with Gasteiger partial charge in [0.2, 0.25) is 5.91 Å². The molecule has 0 bridgehead atoms. The van der Waals surface area contributed by atoms with Crippen LogP contribution >= 0.6 is 0 Å². The minimum atomic E-state index is -4.06. The van der Waals surface area contributed by atoms with Crippen LogP contribution in [0.5, 0.6) is 0 Å². The molecular formula is C34H33BF3N6O3-. The summed E-state index contributed by atoms with van der Waals surface area (Å²) in [6, 6.07) is 14.3. The molecule has 1 N–H and O–H groups in total. The normalized spacial score (nSPS) is 18.6. The van der Waals surface area contributed by atoms with Crippen LogP contribution in [0.1, 0.15) is 53.3 Å². The van der Waals surface area contributed by atoms with Gasteiger partial charge in [-0.05, 0) is 73.5 Å². The number of nitrogens with one attached hydrogen (secondary N) is 1. The Balaban J connectivity index is 0.986. The van der Waals surface area contributed by atoms with Gasteiger partial charge in [0.25, 0.3) is 11.5 Å². The highest BCUT2D eigenvalue weighted by Crippen LogP contribution is 2.41. The van der Waals surface area contributed by atoms with Gasteiger partial charge < -0.3 is 27.7 Å².